The number of aromatic nitrogens is 2. The summed E-state index contributed by atoms with van der Waals surface area (Å²) in [6.45, 7) is 10.1. The lowest BCUT2D eigenvalue weighted by Crippen LogP contribution is -2.30. The van der Waals surface area contributed by atoms with Gasteiger partial charge in [-0.25, -0.2) is 4.98 Å². The van der Waals surface area contributed by atoms with Crippen LogP contribution in [0.15, 0.2) is 78.9 Å². The number of nitrogens with zero attached hydrogens (tertiary/aromatic N) is 2. The molecular formula is C31H37N3O2. The van der Waals surface area contributed by atoms with E-state index < -0.39 is 0 Å². The second kappa shape index (κ2) is 11.4. The first-order chi connectivity index (χ1) is 17.3. The molecule has 5 nitrogen and oxygen atoms in total. The Morgan fingerprint density at radius 3 is 2.36 bits per heavy atom. The third kappa shape index (κ3) is 6.54. The van der Waals surface area contributed by atoms with Crippen LogP contribution in [0, 0.1) is 0 Å². The minimum absolute atomic E-state index is 0.00168. The standard InChI is InChI=1S/C31H37N3O2/c1-23(32-29(35)22-24-12-6-5-7-13-24)30-33-27-14-8-9-15-28(27)34(30)20-10-11-21-36-26-18-16-25(17-19-26)31(2,3)4/h5-9,12-19,23H,10-11,20-22H2,1-4H3,(H,32,35). The Morgan fingerprint density at radius 1 is 0.944 bits per heavy atom. The van der Waals surface area contributed by atoms with Crippen LogP contribution in [0.3, 0.4) is 0 Å². The number of rotatable bonds is 10. The molecule has 0 bridgehead atoms. The summed E-state index contributed by atoms with van der Waals surface area (Å²) in [6.07, 6.45) is 2.25. The Morgan fingerprint density at radius 2 is 1.64 bits per heavy atom. The molecule has 0 saturated carbocycles. The van der Waals surface area contributed by atoms with Crippen LogP contribution < -0.4 is 10.1 Å². The summed E-state index contributed by atoms with van der Waals surface area (Å²) in [6, 6.07) is 26.2. The van der Waals surface area contributed by atoms with Crippen molar-refractivity contribution in [3.63, 3.8) is 0 Å². The van der Waals surface area contributed by atoms with Gasteiger partial charge in [0, 0.05) is 6.54 Å². The van der Waals surface area contributed by atoms with E-state index in [2.05, 4.69) is 61.0 Å². The maximum atomic E-state index is 12.7. The van der Waals surface area contributed by atoms with Gasteiger partial charge in [0.05, 0.1) is 30.1 Å². The van der Waals surface area contributed by atoms with Gasteiger partial charge in [-0.15, -0.1) is 0 Å². The van der Waals surface area contributed by atoms with Gasteiger partial charge in [0.15, 0.2) is 0 Å². The zero-order valence-electron chi connectivity index (χ0n) is 21.8. The molecule has 3 aromatic carbocycles. The van der Waals surface area contributed by atoms with Crippen molar-refractivity contribution in [2.24, 2.45) is 0 Å². The van der Waals surface area contributed by atoms with E-state index in [0.717, 1.165) is 47.6 Å². The molecular weight excluding hydrogens is 446 g/mol. The molecule has 4 aromatic rings. The lowest BCUT2D eigenvalue weighted by molar-refractivity contribution is -0.121. The van der Waals surface area contributed by atoms with Crippen molar-refractivity contribution in [3.05, 3.63) is 95.8 Å². The number of ether oxygens (including phenoxy) is 1. The fourth-order valence-electron chi connectivity index (χ4n) is 4.41. The summed E-state index contributed by atoms with van der Waals surface area (Å²) < 4.78 is 8.22. The van der Waals surface area contributed by atoms with Gasteiger partial charge in [-0.2, -0.15) is 0 Å². The van der Waals surface area contributed by atoms with Gasteiger partial charge >= 0.3 is 0 Å². The Labute approximate surface area is 214 Å². The van der Waals surface area contributed by atoms with Crippen LogP contribution in [0.1, 0.15) is 63.5 Å². The predicted octanol–water partition coefficient (Wildman–Crippen LogP) is 6.61. The van der Waals surface area contributed by atoms with Crippen LogP contribution in [0.25, 0.3) is 11.0 Å². The molecule has 1 amide bonds. The molecule has 0 spiro atoms. The summed E-state index contributed by atoms with van der Waals surface area (Å²) >= 11 is 0. The van der Waals surface area contributed by atoms with Crippen molar-refractivity contribution in [2.45, 2.75) is 65.0 Å². The second-order valence-corrected chi connectivity index (χ2v) is 10.4. The first-order valence-electron chi connectivity index (χ1n) is 12.8. The van der Waals surface area contributed by atoms with Crippen molar-refractivity contribution >= 4 is 16.9 Å². The molecule has 0 saturated heterocycles. The van der Waals surface area contributed by atoms with Crippen molar-refractivity contribution < 1.29 is 9.53 Å². The molecule has 188 valence electrons. The van der Waals surface area contributed by atoms with Crippen LogP contribution in [0.4, 0.5) is 0 Å². The lowest BCUT2D eigenvalue weighted by Gasteiger charge is -2.19. The predicted molar refractivity (Wildman–Crippen MR) is 146 cm³/mol. The minimum Gasteiger partial charge on any atom is -0.494 e. The van der Waals surface area contributed by atoms with Crippen LogP contribution in [-0.4, -0.2) is 22.1 Å². The van der Waals surface area contributed by atoms with Gasteiger partial charge in [0.2, 0.25) is 5.91 Å². The highest BCUT2D eigenvalue weighted by atomic mass is 16.5. The molecule has 5 heteroatoms. The molecule has 0 fully saturated rings. The Kier molecular flexibility index (Phi) is 8.09. The average Bonchev–Trinajstić information content (AvgIpc) is 3.23. The van der Waals surface area contributed by atoms with E-state index in [0.29, 0.717) is 13.0 Å². The number of unbranched alkanes of at least 4 members (excludes halogenated alkanes) is 1. The van der Waals surface area contributed by atoms with Gasteiger partial charge in [-0.1, -0.05) is 75.4 Å². The van der Waals surface area contributed by atoms with Crippen LogP contribution in [0.2, 0.25) is 0 Å². The second-order valence-electron chi connectivity index (χ2n) is 10.4. The van der Waals surface area contributed by atoms with Crippen LogP contribution in [-0.2, 0) is 23.2 Å². The van der Waals surface area contributed by atoms with E-state index >= 15 is 0 Å². The Hall–Kier alpha value is -3.60. The number of fused-ring (bicyclic) bond motifs is 1. The molecule has 0 radical (unpaired) electrons. The van der Waals surface area contributed by atoms with Crippen molar-refractivity contribution in [3.8, 4) is 5.75 Å². The number of aryl methyl sites for hydroxylation is 1. The SMILES string of the molecule is CC(NC(=O)Cc1ccccc1)c1nc2ccccc2n1CCCCOc1ccc(C(C)(C)C)cc1. The summed E-state index contributed by atoms with van der Waals surface area (Å²) in [7, 11) is 0. The summed E-state index contributed by atoms with van der Waals surface area (Å²) in [4.78, 5) is 17.5. The summed E-state index contributed by atoms with van der Waals surface area (Å²) in [5.74, 6) is 1.79. The first-order valence-corrected chi connectivity index (χ1v) is 12.8. The fourth-order valence-corrected chi connectivity index (χ4v) is 4.41. The maximum Gasteiger partial charge on any atom is 0.224 e. The molecule has 1 atom stereocenters. The first kappa shape index (κ1) is 25.5. The van der Waals surface area contributed by atoms with Crippen molar-refractivity contribution in [1.82, 2.24) is 14.9 Å². The van der Waals surface area contributed by atoms with E-state index in [1.165, 1.54) is 5.56 Å². The highest BCUT2D eigenvalue weighted by molar-refractivity contribution is 5.79. The number of hydrogen-bond donors (Lipinski definition) is 1. The largest absolute Gasteiger partial charge is 0.494 e. The van der Waals surface area contributed by atoms with Gasteiger partial charge in [-0.05, 0) is 60.6 Å². The van der Waals surface area contributed by atoms with Gasteiger partial charge in [0.1, 0.15) is 11.6 Å². The number of carbonyl (C=O) groups excluding carboxylic acids is 1. The normalized spacial score (nSPS) is 12.4. The monoisotopic (exact) mass is 483 g/mol. The summed E-state index contributed by atoms with van der Waals surface area (Å²) in [5.41, 5.74) is 4.49. The van der Waals surface area contributed by atoms with E-state index in [1.807, 2.05) is 55.5 Å². The highest BCUT2D eigenvalue weighted by Crippen LogP contribution is 2.25. The molecule has 1 unspecified atom stereocenters. The topological polar surface area (TPSA) is 56.2 Å². The minimum atomic E-state index is -0.189. The molecule has 0 aliphatic carbocycles. The summed E-state index contributed by atoms with van der Waals surface area (Å²) in [5, 5.41) is 3.14. The smallest absolute Gasteiger partial charge is 0.224 e. The van der Waals surface area contributed by atoms with E-state index in [1.54, 1.807) is 0 Å². The number of amides is 1. The van der Waals surface area contributed by atoms with Gasteiger partial charge in [-0.3, -0.25) is 4.79 Å². The zero-order valence-corrected chi connectivity index (χ0v) is 21.8. The van der Waals surface area contributed by atoms with Gasteiger partial charge in [0.25, 0.3) is 0 Å². The number of carbonyl (C=O) groups is 1. The van der Waals surface area contributed by atoms with E-state index in [9.17, 15) is 4.79 Å². The third-order valence-corrected chi connectivity index (χ3v) is 6.42. The fraction of sp³-hybridized carbons (Fsp3) is 0.355. The Bertz CT molecular complexity index is 1270. The molecule has 0 aliphatic rings. The average molecular weight is 484 g/mol. The molecule has 0 aliphatic heterocycles. The van der Waals surface area contributed by atoms with E-state index in [4.69, 9.17) is 9.72 Å². The quantitative estimate of drug-likeness (QED) is 0.258. The van der Waals surface area contributed by atoms with E-state index in [-0.39, 0.29) is 17.4 Å². The van der Waals surface area contributed by atoms with Crippen molar-refractivity contribution in [1.29, 1.82) is 0 Å². The molecule has 1 N–H and O–H groups in total. The molecule has 1 aromatic heterocycles. The number of benzene rings is 3. The van der Waals surface area contributed by atoms with Gasteiger partial charge < -0.3 is 14.6 Å². The number of nitrogens with one attached hydrogen (secondary N) is 1. The molecule has 1 heterocycles. The lowest BCUT2D eigenvalue weighted by atomic mass is 9.87. The van der Waals surface area contributed by atoms with Crippen molar-refractivity contribution in [2.75, 3.05) is 6.61 Å². The maximum absolute atomic E-state index is 12.7. The number of para-hydroxylation sites is 2. The Balaban J connectivity index is 1.35. The van der Waals surface area contributed by atoms with Crippen LogP contribution >= 0.6 is 0 Å². The zero-order chi connectivity index (χ0) is 25.5. The third-order valence-electron chi connectivity index (χ3n) is 6.42. The molecule has 4 rings (SSSR count). The number of imidazole rings is 1. The molecule has 36 heavy (non-hydrogen) atoms. The number of hydrogen-bond acceptors (Lipinski definition) is 3. The highest BCUT2D eigenvalue weighted by Gasteiger charge is 2.18. The van der Waals surface area contributed by atoms with Crippen LogP contribution in [0.5, 0.6) is 5.75 Å².